The lowest BCUT2D eigenvalue weighted by Crippen LogP contribution is -2.38. The van der Waals surface area contributed by atoms with Gasteiger partial charge in [-0.05, 0) is 57.3 Å². The van der Waals surface area contributed by atoms with E-state index in [1.807, 2.05) is 11.8 Å². The number of thioether (sulfide) groups is 1. The summed E-state index contributed by atoms with van der Waals surface area (Å²) < 4.78 is 0. The minimum absolute atomic E-state index is 0. The number of halogens is 1. The Morgan fingerprint density at radius 2 is 2.13 bits per heavy atom. The lowest BCUT2D eigenvalue weighted by atomic mass is 10.2. The average molecular weight is 470 g/mol. The van der Waals surface area contributed by atoms with E-state index < -0.39 is 0 Å². The van der Waals surface area contributed by atoms with Crippen LogP contribution in [0.4, 0.5) is 0 Å². The highest BCUT2D eigenvalue weighted by molar-refractivity contribution is 14.0. The lowest BCUT2D eigenvalue weighted by Gasteiger charge is -2.22. The normalized spacial score (nSPS) is 12.8. The van der Waals surface area contributed by atoms with Crippen molar-refractivity contribution in [1.82, 2.24) is 15.5 Å². The van der Waals surface area contributed by atoms with Crippen LogP contribution in [-0.4, -0.2) is 56.6 Å². The van der Waals surface area contributed by atoms with Gasteiger partial charge in [0.1, 0.15) is 0 Å². The molecule has 0 saturated heterocycles. The molecule has 0 aliphatic carbocycles. The van der Waals surface area contributed by atoms with E-state index in [4.69, 9.17) is 4.99 Å². The van der Waals surface area contributed by atoms with E-state index in [2.05, 4.69) is 60.3 Å². The maximum absolute atomic E-state index is 4.76. The number of guanidine groups is 1. The second-order valence-electron chi connectivity index (χ2n) is 5.34. The number of aliphatic imine (C=N–C) groups is 1. The van der Waals surface area contributed by atoms with Gasteiger partial charge < -0.3 is 15.5 Å². The van der Waals surface area contributed by atoms with Crippen molar-refractivity contribution in [2.45, 2.75) is 25.8 Å². The van der Waals surface area contributed by atoms with Crippen LogP contribution in [0.3, 0.4) is 0 Å². The third-order valence-electron chi connectivity index (χ3n) is 3.33. The molecule has 0 saturated carbocycles. The predicted molar refractivity (Wildman–Crippen MR) is 118 cm³/mol. The number of hydrogen-bond donors (Lipinski definition) is 2. The van der Waals surface area contributed by atoms with Crippen LogP contribution in [0.1, 0.15) is 30.7 Å². The summed E-state index contributed by atoms with van der Waals surface area (Å²) in [4.78, 5) is 8.36. The van der Waals surface area contributed by atoms with Crippen molar-refractivity contribution in [3.63, 3.8) is 0 Å². The molecule has 134 valence electrons. The van der Waals surface area contributed by atoms with Gasteiger partial charge in [0.25, 0.3) is 0 Å². The first-order valence-electron chi connectivity index (χ1n) is 7.90. The lowest BCUT2D eigenvalue weighted by molar-refractivity contribution is 0.310. The van der Waals surface area contributed by atoms with Crippen LogP contribution < -0.4 is 10.6 Å². The van der Waals surface area contributed by atoms with E-state index in [0.29, 0.717) is 6.04 Å². The second-order valence-corrected chi connectivity index (χ2v) is 7.31. The molecule has 0 fully saturated rings. The van der Waals surface area contributed by atoms with Crippen LogP contribution in [0.15, 0.2) is 22.5 Å². The van der Waals surface area contributed by atoms with Crippen LogP contribution in [0.5, 0.6) is 0 Å². The van der Waals surface area contributed by atoms with Crippen molar-refractivity contribution >= 4 is 53.0 Å². The molecule has 23 heavy (non-hydrogen) atoms. The Morgan fingerprint density at radius 1 is 1.35 bits per heavy atom. The molecule has 1 aromatic heterocycles. The molecule has 1 rings (SSSR count). The maximum Gasteiger partial charge on any atom is 0.191 e. The molecule has 1 aromatic rings. The molecule has 0 aliphatic rings. The minimum Gasteiger partial charge on any atom is -0.357 e. The van der Waals surface area contributed by atoms with Gasteiger partial charge in [-0.1, -0.05) is 6.07 Å². The number of rotatable bonds is 10. The Hall–Kier alpha value is 0.01000. The highest BCUT2D eigenvalue weighted by atomic mass is 127. The summed E-state index contributed by atoms with van der Waals surface area (Å²) in [7, 11) is 4.23. The van der Waals surface area contributed by atoms with Crippen molar-refractivity contribution in [2.75, 3.05) is 45.7 Å². The summed E-state index contributed by atoms with van der Waals surface area (Å²) in [5, 5.41) is 8.90. The number of likely N-dealkylation sites (N-methyl/N-ethyl adjacent to an activating group) is 1. The summed E-state index contributed by atoms with van der Waals surface area (Å²) >= 11 is 3.71. The molecule has 0 aliphatic heterocycles. The molecule has 0 amide bonds. The van der Waals surface area contributed by atoms with Crippen molar-refractivity contribution in [1.29, 1.82) is 0 Å². The summed E-state index contributed by atoms with van der Waals surface area (Å²) in [5.41, 5.74) is 0. The van der Waals surface area contributed by atoms with Gasteiger partial charge in [-0.25, -0.2) is 0 Å². The zero-order valence-electron chi connectivity index (χ0n) is 14.7. The molecule has 1 heterocycles. The first kappa shape index (κ1) is 23.0. The first-order chi connectivity index (χ1) is 10.7. The first-order valence-corrected chi connectivity index (χ1v) is 10.2. The molecule has 1 unspecified atom stereocenters. The molecule has 2 N–H and O–H groups in total. The molecule has 4 nitrogen and oxygen atoms in total. The van der Waals surface area contributed by atoms with E-state index in [9.17, 15) is 0 Å². The van der Waals surface area contributed by atoms with E-state index in [1.54, 1.807) is 11.3 Å². The van der Waals surface area contributed by atoms with Gasteiger partial charge in [0.2, 0.25) is 0 Å². The molecular weight excluding hydrogens is 439 g/mol. The Morgan fingerprint density at radius 3 is 2.70 bits per heavy atom. The minimum atomic E-state index is 0. The monoisotopic (exact) mass is 470 g/mol. The third kappa shape index (κ3) is 9.79. The third-order valence-corrected chi connectivity index (χ3v) is 5.00. The fraction of sp³-hybridized carbons (Fsp3) is 0.688. The van der Waals surface area contributed by atoms with Gasteiger partial charge in [-0.15, -0.1) is 35.3 Å². The Labute approximate surface area is 166 Å². The van der Waals surface area contributed by atoms with Gasteiger partial charge in [0, 0.05) is 18.0 Å². The summed E-state index contributed by atoms with van der Waals surface area (Å²) in [6.07, 6.45) is 4.60. The van der Waals surface area contributed by atoms with E-state index in [-0.39, 0.29) is 24.0 Å². The van der Waals surface area contributed by atoms with E-state index >= 15 is 0 Å². The number of thiophene rings is 1. The van der Waals surface area contributed by atoms with E-state index in [1.165, 1.54) is 23.5 Å². The number of hydrogen-bond acceptors (Lipinski definition) is 4. The van der Waals surface area contributed by atoms with Crippen molar-refractivity contribution in [3.05, 3.63) is 22.4 Å². The van der Waals surface area contributed by atoms with Gasteiger partial charge in [-0.2, -0.15) is 11.8 Å². The van der Waals surface area contributed by atoms with Crippen LogP contribution >= 0.6 is 47.1 Å². The van der Waals surface area contributed by atoms with E-state index in [0.717, 1.165) is 25.6 Å². The number of nitrogens with one attached hydrogen (secondary N) is 2. The summed E-state index contributed by atoms with van der Waals surface area (Å²) in [6, 6.07) is 4.63. The Kier molecular flexibility index (Phi) is 14.4. The summed E-state index contributed by atoms with van der Waals surface area (Å²) in [5.74, 6) is 2.16. The Balaban J connectivity index is 0.00000484. The smallest absolute Gasteiger partial charge is 0.191 e. The molecule has 0 bridgehead atoms. The van der Waals surface area contributed by atoms with Crippen LogP contribution in [0, 0.1) is 0 Å². The van der Waals surface area contributed by atoms with Crippen molar-refractivity contribution in [3.8, 4) is 0 Å². The highest BCUT2D eigenvalue weighted by Crippen LogP contribution is 2.23. The molecule has 1 atom stereocenters. The highest BCUT2D eigenvalue weighted by Gasteiger charge is 2.14. The fourth-order valence-corrected chi connectivity index (χ4v) is 3.49. The molecule has 7 heteroatoms. The van der Waals surface area contributed by atoms with Crippen LogP contribution in [-0.2, 0) is 0 Å². The molecular formula is C16H31IN4S2. The van der Waals surface area contributed by atoms with Crippen molar-refractivity contribution in [2.24, 2.45) is 4.99 Å². The number of unbranched alkanes of at least 4 members (excludes halogenated alkanes) is 1. The van der Waals surface area contributed by atoms with Gasteiger partial charge in [0.15, 0.2) is 5.96 Å². The van der Waals surface area contributed by atoms with Crippen LogP contribution in [0.2, 0.25) is 0 Å². The predicted octanol–water partition coefficient (Wildman–Crippen LogP) is 3.67. The second kappa shape index (κ2) is 14.4. The average Bonchev–Trinajstić information content (AvgIpc) is 3.00. The molecule has 0 radical (unpaired) electrons. The fourth-order valence-electron chi connectivity index (χ4n) is 2.09. The van der Waals surface area contributed by atoms with Gasteiger partial charge in [0.05, 0.1) is 12.6 Å². The SMILES string of the molecule is CCNC(=NCC(c1cccs1)N(C)C)NCCCCSC.I. The molecule has 0 spiro atoms. The van der Waals surface area contributed by atoms with Gasteiger partial charge in [-0.3, -0.25) is 4.99 Å². The largest absolute Gasteiger partial charge is 0.357 e. The number of nitrogens with zero attached hydrogens (tertiary/aromatic N) is 2. The summed E-state index contributed by atoms with van der Waals surface area (Å²) in [6.45, 7) is 4.75. The standard InChI is InChI=1S/C16H30N4S2.HI/c1-5-17-16(18-10-6-7-11-21-4)19-13-14(20(2)3)15-9-8-12-22-15;/h8-9,12,14H,5-7,10-11,13H2,1-4H3,(H2,17,18,19);1H. The Bertz CT molecular complexity index is 410. The molecule has 0 aromatic carbocycles. The zero-order chi connectivity index (χ0) is 16.2. The van der Waals surface area contributed by atoms with Crippen molar-refractivity contribution < 1.29 is 0 Å². The van der Waals surface area contributed by atoms with Crippen LogP contribution in [0.25, 0.3) is 0 Å². The topological polar surface area (TPSA) is 39.7 Å². The maximum atomic E-state index is 4.76. The van der Waals surface area contributed by atoms with Gasteiger partial charge >= 0.3 is 0 Å². The quantitative estimate of drug-likeness (QED) is 0.237. The zero-order valence-corrected chi connectivity index (χ0v) is 18.6.